The number of rotatable bonds is 5. The first-order valence-corrected chi connectivity index (χ1v) is 10.5. The van der Waals surface area contributed by atoms with Crippen molar-refractivity contribution in [2.45, 2.75) is 32.2 Å². The second kappa shape index (κ2) is 8.72. The largest absolute Gasteiger partial charge is 0.573 e. The number of anilines is 1. The molecule has 6 nitrogen and oxygen atoms in total. The number of carbonyl (C=O) groups excluding carboxylic acids is 1. The summed E-state index contributed by atoms with van der Waals surface area (Å²) < 4.78 is 40.9. The van der Waals surface area contributed by atoms with Gasteiger partial charge in [0, 0.05) is 49.6 Å². The van der Waals surface area contributed by atoms with Crippen LogP contribution in [0, 0.1) is 5.92 Å². The highest BCUT2D eigenvalue weighted by Crippen LogP contribution is 2.30. The third kappa shape index (κ3) is 4.81. The standard InChI is InChI=1S/C23H25F3N4O2/c1-15-9-12-30(21(31)13-16-3-5-17(6-4-16)32-23(24,25)26)14-20(15)29(2)19-8-11-28-22-18(19)7-10-27-22/h3-8,10-11,15,20H,9,12-14H2,1-2H3,(H,27,28)/t15-,20?/m1/s1. The van der Waals surface area contributed by atoms with Crippen molar-refractivity contribution in [3.05, 3.63) is 54.4 Å². The highest BCUT2D eigenvalue weighted by Gasteiger charge is 2.33. The van der Waals surface area contributed by atoms with Gasteiger partial charge in [0.2, 0.25) is 5.91 Å². The molecule has 1 aliphatic rings. The van der Waals surface area contributed by atoms with Crippen molar-refractivity contribution in [3.8, 4) is 5.75 Å². The molecule has 1 N–H and O–H groups in total. The van der Waals surface area contributed by atoms with Crippen LogP contribution in [0.4, 0.5) is 18.9 Å². The normalized spacial score (nSPS) is 19.2. The van der Waals surface area contributed by atoms with E-state index in [-0.39, 0.29) is 24.1 Å². The summed E-state index contributed by atoms with van der Waals surface area (Å²) in [4.78, 5) is 24.5. The average molecular weight is 446 g/mol. The van der Waals surface area contributed by atoms with E-state index >= 15 is 0 Å². The number of aromatic amines is 1. The van der Waals surface area contributed by atoms with E-state index < -0.39 is 6.36 Å². The highest BCUT2D eigenvalue weighted by atomic mass is 19.4. The summed E-state index contributed by atoms with van der Waals surface area (Å²) in [7, 11) is 2.04. The fourth-order valence-corrected chi connectivity index (χ4v) is 4.31. The number of nitrogens with one attached hydrogen (secondary N) is 1. The maximum absolute atomic E-state index is 12.9. The number of ether oxygens (including phenoxy) is 1. The number of fused-ring (bicyclic) bond motifs is 1. The van der Waals surface area contributed by atoms with E-state index in [1.54, 1.807) is 6.20 Å². The monoisotopic (exact) mass is 446 g/mol. The number of pyridine rings is 1. The van der Waals surface area contributed by atoms with Gasteiger partial charge in [-0.1, -0.05) is 19.1 Å². The molecule has 1 fully saturated rings. The van der Waals surface area contributed by atoms with Crippen LogP contribution in [0.15, 0.2) is 48.8 Å². The minimum absolute atomic E-state index is 0.0405. The number of halogens is 3. The zero-order valence-corrected chi connectivity index (χ0v) is 17.9. The number of alkyl halides is 3. The number of likely N-dealkylation sites (N-methyl/N-ethyl adjacent to an activating group) is 1. The molecule has 2 aromatic heterocycles. The zero-order chi connectivity index (χ0) is 22.9. The lowest BCUT2D eigenvalue weighted by Crippen LogP contribution is -2.53. The van der Waals surface area contributed by atoms with E-state index in [2.05, 4.69) is 26.5 Å². The molecule has 3 aromatic rings. The Morgan fingerprint density at radius 1 is 1.25 bits per heavy atom. The number of H-pyrrole nitrogens is 1. The fraction of sp³-hybridized carbons (Fsp3) is 0.391. The van der Waals surface area contributed by atoms with Gasteiger partial charge in [0.25, 0.3) is 0 Å². The zero-order valence-electron chi connectivity index (χ0n) is 17.9. The van der Waals surface area contributed by atoms with Gasteiger partial charge in [0.05, 0.1) is 6.42 Å². The van der Waals surface area contributed by atoms with Gasteiger partial charge in [-0.15, -0.1) is 13.2 Å². The summed E-state index contributed by atoms with van der Waals surface area (Å²) in [5.74, 6) is 0.0573. The lowest BCUT2D eigenvalue weighted by molar-refractivity contribution is -0.274. The van der Waals surface area contributed by atoms with Crippen LogP contribution < -0.4 is 9.64 Å². The van der Waals surface area contributed by atoms with Crippen molar-refractivity contribution in [1.82, 2.24) is 14.9 Å². The van der Waals surface area contributed by atoms with E-state index in [1.807, 2.05) is 30.3 Å². The number of piperidine rings is 1. The van der Waals surface area contributed by atoms with Gasteiger partial charge in [0.1, 0.15) is 11.4 Å². The van der Waals surface area contributed by atoms with Crippen LogP contribution >= 0.6 is 0 Å². The topological polar surface area (TPSA) is 61.5 Å². The Kier molecular flexibility index (Phi) is 5.99. The molecule has 0 saturated carbocycles. The molecule has 1 aromatic carbocycles. The quantitative estimate of drug-likeness (QED) is 0.632. The summed E-state index contributed by atoms with van der Waals surface area (Å²) in [5, 5.41) is 1.03. The minimum Gasteiger partial charge on any atom is -0.406 e. The van der Waals surface area contributed by atoms with E-state index in [0.717, 1.165) is 23.1 Å². The van der Waals surface area contributed by atoms with Crippen LogP contribution in [0.3, 0.4) is 0 Å². The summed E-state index contributed by atoms with van der Waals surface area (Å²) in [6, 6.07) is 9.57. The lowest BCUT2D eigenvalue weighted by Gasteiger charge is -2.42. The first-order chi connectivity index (χ1) is 15.2. The Morgan fingerprint density at radius 3 is 2.72 bits per heavy atom. The molecule has 4 rings (SSSR count). The van der Waals surface area contributed by atoms with Crippen molar-refractivity contribution >= 4 is 22.6 Å². The van der Waals surface area contributed by atoms with E-state index in [4.69, 9.17) is 0 Å². The number of carbonyl (C=O) groups is 1. The predicted octanol–water partition coefficient (Wildman–Crippen LogP) is 4.38. The maximum atomic E-state index is 12.9. The van der Waals surface area contributed by atoms with Crippen LogP contribution in [0.5, 0.6) is 5.75 Å². The lowest BCUT2D eigenvalue weighted by atomic mass is 9.91. The Labute approximate surface area is 184 Å². The van der Waals surface area contributed by atoms with E-state index in [9.17, 15) is 18.0 Å². The summed E-state index contributed by atoms with van der Waals surface area (Å²) in [5.41, 5.74) is 2.53. The second-order valence-electron chi connectivity index (χ2n) is 8.22. The van der Waals surface area contributed by atoms with Crippen molar-refractivity contribution in [2.24, 2.45) is 5.92 Å². The molecule has 3 heterocycles. The Morgan fingerprint density at radius 2 is 2.00 bits per heavy atom. The van der Waals surface area contributed by atoms with Gasteiger partial charge in [-0.25, -0.2) is 4.98 Å². The molecule has 1 amide bonds. The maximum Gasteiger partial charge on any atom is 0.573 e. The summed E-state index contributed by atoms with van der Waals surface area (Å²) >= 11 is 0. The molecular weight excluding hydrogens is 421 g/mol. The molecule has 32 heavy (non-hydrogen) atoms. The van der Waals surface area contributed by atoms with Crippen LogP contribution in [0.1, 0.15) is 18.9 Å². The first-order valence-electron chi connectivity index (χ1n) is 10.5. The minimum atomic E-state index is -4.73. The molecule has 0 spiro atoms. The van der Waals surface area contributed by atoms with Crippen LogP contribution in [-0.2, 0) is 11.2 Å². The number of amides is 1. The molecular formula is C23H25F3N4O2. The van der Waals surface area contributed by atoms with Gasteiger partial charge in [-0.05, 0) is 42.2 Å². The number of benzene rings is 1. The molecule has 9 heteroatoms. The van der Waals surface area contributed by atoms with Gasteiger partial charge >= 0.3 is 6.36 Å². The average Bonchev–Trinajstić information content (AvgIpc) is 3.23. The second-order valence-corrected chi connectivity index (χ2v) is 8.22. The molecule has 1 saturated heterocycles. The van der Waals surface area contributed by atoms with Crippen LogP contribution in [0.2, 0.25) is 0 Å². The number of hydrogen-bond donors (Lipinski definition) is 1. The smallest absolute Gasteiger partial charge is 0.406 e. The first kappa shape index (κ1) is 22.0. The van der Waals surface area contributed by atoms with Gasteiger partial charge in [0.15, 0.2) is 0 Å². The molecule has 2 atom stereocenters. The molecule has 0 aliphatic carbocycles. The van der Waals surface area contributed by atoms with Crippen LogP contribution in [-0.4, -0.2) is 53.3 Å². The third-order valence-corrected chi connectivity index (χ3v) is 6.10. The summed E-state index contributed by atoms with van der Waals surface area (Å²) in [6.45, 7) is 3.44. The molecule has 170 valence electrons. The van der Waals surface area contributed by atoms with E-state index in [1.165, 1.54) is 24.3 Å². The molecule has 0 radical (unpaired) electrons. The number of nitrogens with zero attached hydrogens (tertiary/aromatic N) is 3. The van der Waals surface area contributed by atoms with Crippen LogP contribution in [0.25, 0.3) is 11.0 Å². The Bertz CT molecular complexity index is 1080. The van der Waals surface area contributed by atoms with Gasteiger partial charge in [-0.2, -0.15) is 0 Å². The number of aromatic nitrogens is 2. The molecule has 1 unspecified atom stereocenters. The Hall–Kier alpha value is -3.23. The van der Waals surface area contributed by atoms with Crippen molar-refractivity contribution in [3.63, 3.8) is 0 Å². The highest BCUT2D eigenvalue weighted by molar-refractivity contribution is 5.89. The van der Waals surface area contributed by atoms with Gasteiger partial charge < -0.3 is 19.5 Å². The molecule has 1 aliphatic heterocycles. The van der Waals surface area contributed by atoms with E-state index in [0.29, 0.717) is 24.6 Å². The number of hydrogen-bond acceptors (Lipinski definition) is 4. The number of likely N-dealkylation sites (tertiary alicyclic amines) is 1. The fourth-order valence-electron chi connectivity index (χ4n) is 4.31. The van der Waals surface area contributed by atoms with Crippen molar-refractivity contribution < 1.29 is 22.7 Å². The van der Waals surface area contributed by atoms with Crippen molar-refractivity contribution in [2.75, 3.05) is 25.0 Å². The third-order valence-electron chi connectivity index (χ3n) is 6.10. The van der Waals surface area contributed by atoms with Crippen molar-refractivity contribution in [1.29, 1.82) is 0 Å². The summed E-state index contributed by atoms with van der Waals surface area (Å²) in [6.07, 6.45) is -0.0913. The Balaban J connectivity index is 1.43. The predicted molar refractivity (Wildman–Crippen MR) is 115 cm³/mol. The molecule has 0 bridgehead atoms. The SMILES string of the molecule is C[C@@H]1CCN(C(=O)Cc2ccc(OC(F)(F)F)cc2)CC1N(C)c1ccnc2[nH]ccc12. The van der Waals surface area contributed by atoms with Gasteiger partial charge in [-0.3, -0.25) is 4.79 Å².